The molecule has 0 N–H and O–H groups in total. The number of esters is 1. The molecule has 0 spiro atoms. The summed E-state index contributed by atoms with van der Waals surface area (Å²) in [5.74, 6) is -0.0990. The van der Waals surface area contributed by atoms with Gasteiger partial charge in [0.1, 0.15) is 23.9 Å². The fourth-order valence-corrected chi connectivity index (χ4v) is 5.93. The van der Waals surface area contributed by atoms with E-state index >= 15 is 0 Å². The number of carbonyl (C=O) groups is 1. The smallest absolute Gasteiger partial charge is 0.340 e. The normalized spacial score (nSPS) is 12.1. The Kier molecular flexibility index (Phi) is 10.7. The van der Waals surface area contributed by atoms with Crippen LogP contribution in [0.1, 0.15) is 27.0 Å². The van der Waals surface area contributed by atoms with Gasteiger partial charge in [-0.05, 0) is 74.0 Å². The molecule has 0 fully saturated rings. The summed E-state index contributed by atoms with van der Waals surface area (Å²) < 4.78 is 69.1. The van der Waals surface area contributed by atoms with E-state index in [0.717, 1.165) is 25.3 Å². The van der Waals surface area contributed by atoms with Crippen LogP contribution in [0.4, 0.5) is 22.7 Å². The minimum absolute atomic E-state index is 0.0563. The molecule has 10 nitrogen and oxygen atoms in total. The Labute approximate surface area is 278 Å². The lowest BCUT2D eigenvalue weighted by molar-refractivity contribution is 0.0601. The summed E-state index contributed by atoms with van der Waals surface area (Å²) in [6.07, 6.45) is 0. The molecule has 5 aromatic carbocycles. The number of anilines is 4. The first kappa shape index (κ1) is 33.4. The van der Waals surface area contributed by atoms with Crippen LogP contribution in [-0.2, 0) is 33.9 Å². The van der Waals surface area contributed by atoms with Gasteiger partial charge in [-0.25, -0.2) is 4.79 Å². The van der Waals surface area contributed by atoms with Crippen molar-refractivity contribution in [2.75, 3.05) is 15.7 Å². The highest BCUT2D eigenvalue weighted by Gasteiger charge is 2.22. The van der Waals surface area contributed by atoms with E-state index in [9.17, 15) is 22.3 Å². The molecule has 242 valence electrons. The molecule has 0 heterocycles. The summed E-state index contributed by atoms with van der Waals surface area (Å²) in [4.78, 5) is 12.9. The van der Waals surface area contributed by atoms with Crippen molar-refractivity contribution in [3.63, 3.8) is 0 Å². The summed E-state index contributed by atoms with van der Waals surface area (Å²) >= 11 is -5.47. The number of methoxy groups -OCH3 is 1. The van der Waals surface area contributed by atoms with Crippen LogP contribution in [0, 0.1) is 13.8 Å². The zero-order chi connectivity index (χ0) is 33.5. The third-order valence-corrected chi connectivity index (χ3v) is 8.46. The maximum Gasteiger partial charge on any atom is 0.340 e. The maximum absolute atomic E-state index is 12.9. The van der Waals surface area contributed by atoms with E-state index in [-0.39, 0.29) is 40.8 Å². The quantitative estimate of drug-likeness (QED) is 0.0996. The first-order valence-electron chi connectivity index (χ1n) is 14.3. The van der Waals surface area contributed by atoms with Gasteiger partial charge < -0.3 is 23.3 Å². The predicted molar refractivity (Wildman–Crippen MR) is 180 cm³/mol. The average molecular weight is 671 g/mol. The number of benzene rings is 5. The molecule has 0 saturated carbocycles. The Balaban J connectivity index is 1.53. The zero-order valence-corrected chi connectivity index (χ0v) is 27.3. The average Bonchev–Trinajstić information content (AvgIpc) is 3.07. The monoisotopic (exact) mass is 670 g/mol. The highest BCUT2D eigenvalue weighted by Crippen LogP contribution is 2.40. The van der Waals surface area contributed by atoms with Gasteiger partial charge in [-0.3, -0.25) is 17.0 Å². The standard InChI is InChI=1S/C35H32N2O8S2/c1-24-9-13-27(14-10-24)36(46(39)40)32-19-17-29(21-31(32)35(38)43-3)45-30-18-20-33(34(22-30)44-23-26-7-5-4-6-8-26)37(47(41)42)28-15-11-25(2)12-16-28/h4-22H,23H2,1-3H3,(H,39,40)(H,41,42)/p-2. The predicted octanol–water partition coefficient (Wildman–Crippen LogP) is 7.33. The molecule has 0 aromatic heterocycles. The molecule has 0 saturated heterocycles. The van der Waals surface area contributed by atoms with Gasteiger partial charge >= 0.3 is 5.97 Å². The Morgan fingerprint density at radius 3 is 1.72 bits per heavy atom. The van der Waals surface area contributed by atoms with Crippen LogP contribution in [0.2, 0.25) is 0 Å². The second kappa shape index (κ2) is 15.1. The Hall–Kier alpha value is -5.01. The van der Waals surface area contributed by atoms with Gasteiger partial charge in [0.25, 0.3) is 0 Å². The molecule has 47 heavy (non-hydrogen) atoms. The van der Waals surface area contributed by atoms with E-state index < -0.39 is 28.5 Å². The number of rotatable bonds is 12. The fourth-order valence-electron chi connectivity index (χ4n) is 4.71. The molecular formula is C35H30N2O8S2-2. The molecule has 12 heteroatoms. The van der Waals surface area contributed by atoms with Crippen LogP contribution in [-0.4, -0.2) is 30.6 Å². The zero-order valence-electron chi connectivity index (χ0n) is 25.7. The molecule has 5 aromatic rings. The molecule has 0 amide bonds. The Morgan fingerprint density at radius 2 is 1.19 bits per heavy atom. The molecule has 0 aliphatic carbocycles. The van der Waals surface area contributed by atoms with Crippen LogP contribution in [0.5, 0.6) is 17.2 Å². The van der Waals surface area contributed by atoms with Gasteiger partial charge in [-0.2, -0.15) is 0 Å². The number of nitrogens with zero attached hydrogens (tertiary/aromatic N) is 2. The van der Waals surface area contributed by atoms with Gasteiger partial charge in [-0.1, -0.05) is 65.7 Å². The number of carbonyl (C=O) groups excluding carboxylic acids is 1. The largest absolute Gasteiger partial charge is 0.755 e. The number of hydrogen-bond donors (Lipinski definition) is 0. The van der Waals surface area contributed by atoms with E-state index in [0.29, 0.717) is 11.4 Å². The minimum atomic E-state index is -2.77. The number of aryl methyl sites for hydroxylation is 2. The lowest BCUT2D eigenvalue weighted by Crippen LogP contribution is -2.22. The third-order valence-electron chi connectivity index (χ3n) is 7.05. The van der Waals surface area contributed by atoms with Crippen molar-refractivity contribution in [1.29, 1.82) is 0 Å². The SMILES string of the molecule is COC(=O)c1cc(Oc2ccc(N(c3ccc(C)cc3)S(=O)[O-])c(OCc3ccccc3)c2)ccc1N(c1ccc(C)cc1)S(=O)[O-]. The van der Waals surface area contributed by atoms with Crippen LogP contribution < -0.4 is 18.1 Å². The maximum atomic E-state index is 12.9. The van der Waals surface area contributed by atoms with Crippen LogP contribution >= 0.6 is 0 Å². The lowest BCUT2D eigenvalue weighted by atomic mass is 10.1. The summed E-state index contributed by atoms with van der Waals surface area (Å²) in [6.45, 7) is 3.92. The minimum Gasteiger partial charge on any atom is -0.755 e. The number of hydrogen-bond acceptors (Lipinski definition) is 8. The van der Waals surface area contributed by atoms with Crippen LogP contribution in [0.15, 0.2) is 115 Å². The molecule has 5 rings (SSSR count). The number of ether oxygens (including phenoxy) is 3. The van der Waals surface area contributed by atoms with Crippen LogP contribution in [0.25, 0.3) is 0 Å². The van der Waals surface area contributed by atoms with E-state index in [1.54, 1.807) is 54.6 Å². The Bertz CT molecular complexity index is 1900. The molecule has 0 radical (unpaired) electrons. The molecule has 2 unspecified atom stereocenters. The summed E-state index contributed by atoms with van der Waals surface area (Å²) in [6, 6.07) is 32.2. The Morgan fingerprint density at radius 1 is 0.681 bits per heavy atom. The van der Waals surface area contributed by atoms with Gasteiger partial charge in [0, 0.05) is 6.07 Å². The second-order valence-electron chi connectivity index (χ2n) is 10.4. The highest BCUT2D eigenvalue weighted by molar-refractivity contribution is 7.81. The van der Waals surface area contributed by atoms with Gasteiger partial charge in [0.2, 0.25) is 0 Å². The van der Waals surface area contributed by atoms with Crippen molar-refractivity contribution >= 4 is 51.3 Å². The molecule has 0 aliphatic rings. The molecule has 0 bridgehead atoms. The molecule has 0 aliphatic heterocycles. The second-order valence-corrected chi connectivity index (χ2v) is 12.0. The summed E-state index contributed by atoms with van der Waals surface area (Å²) in [5, 5.41) is 0. The van der Waals surface area contributed by atoms with Gasteiger partial charge in [0.05, 0.1) is 58.0 Å². The van der Waals surface area contributed by atoms with E-state index in [1.165, 1.54) is 25.3 Å². The lowest BCUT2D eigenvalue weighted by Gasteiger charge is -2.29. The van der Waals surface area contributed by atoms with Crippen molar-refractivity contribution in [2.24, 2.45) is 0 Å². The first-order chi connectivity index (χ1) is 22.6. The van der Waals surface area contributed by atoms with E-state index in [1.807, 2.05) is 56.3 Å². The van der Waals surface area contributed by atoms with Gasteiger partial charge in [0.15, 0.2) is 0 Å². The molecule has 2 atom stereocenters. The molecular weight excluding hydrogens is 641 g/mol. The van der Waals surface area contributed by atoms with E-state index in [4.69, 9.17) is 14.2 Å². The topological polar surface area (TPSA) is 132 Å². The first-order valence-corrected chi connectivity index (χ1v) is 16.3. The highest BCUT2D eigenvalue weighted by atomic mass is 32.2. The van der Waals surface area contributed by atoms with Crippen LogP contribution in [0.3, 0.4) is 0 Å². The van der Waals surface area contributed by atoms with Crippen molar-refractivity contribution in [1.82, 2.24) is 0 Å². The summed E-state index contributed by atoms with van der Waals surface area (Å²) in [7, 11) is 1.19. The van der Waals surface area contributed by atoms with Crippen molar-refractivity contribution in [3.05, 3.63) is 138 Å². The van der Waals surface area contributed by atoms with E-state index in [2.05, 4.69) is 0 Å². The fraction of sp³-hybridized carbons (Fsp3) is 0.114. The van der Waals surface area contributed by atoms with Crippen molar-refractivity contribution < 1.29 is 36.5 Å². The van der Waals surface area contributed by atoms with Crippen molar-refractivity contribution in [3.8, 4) is 17.2 Å². The van der Waals surface area contributed by atoms with Crippen molar-refractivity contribution in [2.45, 2.75) is 20.5 Å². The third kappa shape index (κ3) is 8.05. The summed E-state index contributed by atoms with van der Waals surface area (Å²) in [5.41, 5.74) is 3.76. The van der Waals surface area contributed by atoms with Gasteiger partial charge in [-0.15, -0.1) is 0 Å².